The molecule has 1 saturated heterocycles. The first-order valence-corrected chi connectivity index (χ1v) is 10.7. The van der Waals surface area contributed by atoms with Crippen LogP contribution >= 0.6 is 11.8 Å². The standard InChI is InChI=1S/C22H23N3O2S/c1-3-15-4-6-16(7-5-15)13-25-14-18(12-20(25)26)22-23-21(24-27-22)17-8-10-19(28-2)11-9-17/h4-11,18H,3,12-14H2,1-2H3. The second-order valence-electron chi connectivity index (χ2n) is 7.03. The van der Waals surface area contributed by atoms with Gasteiger partial charge in [0.25, 0.3) is 0 Å². The van der Waals surface area contributed by atoms with E-state index < -0.39 is 0 Å². The molecule has 0 aliphatic carbocycles. The van der Waals surface area contributed by atoms with Crippen molar-refractivity contribution < 1.29 is 9.32 Å². The number of benzene rings is 2. The van der Waals surface area contributed by atoms with E-state index >= 15 is 0 Å². The highest BCUT2D eigenvalue weighted by molar-refractivity contribution is 7.98. The molecule has 144 valence electrons. The third-order valence-corrected chi connectivity index (χ3v) is 5.90. The molecule has 28 heavy (non-hydrogen) atoms. The van der Waals surface area contributed by atoms with Crippen LogP contribution in [0.25, 0.3) is 11.4 Å². The minimum Gasteiger partial charge on any atom is -0.339 e. The van der Waals surface area contributed by atoms with Crippen LogP contribution in [0.3, 0.4) is 0 Å². The summed E-state index contributed by atoms with van der Waals surface area (Å²) in [6.45, 7) is 3.37. The topological polar surface area (TPSA) is 59.2 Å². The number of aromatic nitrogens is 2. The van der Waals surface area contributed by atoms with E-state index in [1.54, 1.807) is 11.8 Å². The fourth-order valence-corrected chi connectivity index (χ4v) is 3.86. The fourth-order valence-electron chi connectivity index (χ4n) is 3.45. The number of thioether (sulfide) groups is 1. The molecule has 1 atom stereocenters. The summed E-state index contributed by atoms with van der Waals surface area (Å²) in [5.41, 5.74) is 3.37. The quantitative estimate of drug-likeness (QED) is 0.576. The van der Waals surface area contributed by atoms with Crippen molar-refractivity contribution in [2.24, 2.45) is 0 Å². The van der Waals surface area contributed by atoms with E-state index in [9.17, 15) is 4.79 Å². The lowest BCUT2D eigenvalue weighted by atomic mass is 10.1. The van der Waals surface area contributed by atoms with E-state index in [0.717, 1.165) is 17.5 Å². The van der Waals surface area contributed by atoms with Crippen LogP contribution in [0.4, 0.5) is 0 Å². The Morgan fingerprint density at radius 3 is 2.50 bits per heavy atom. The molecule has 6 heteroatoms. The van der Waals surface area contributed by atoms with Gasteiger partial charge in [-0.25, -0.2) is 0 Å². The molecule has 0 saturated carbocycles. The summed E-state index contributed by atoms with van der Waals surface area (Å²) in [6, 6.07) is 16.5. The van der Waals surface area contributed by atoms with Gasteiger partial charge in [-0.2, -0.15) is 4.98 Å². The molecule has 5 nitrogen and oxygen atoms in total. The van der Waals surface area contributed by atoms with Crippen LogP contribution in [0.1, 0.15) is 36.3 Å². The van der Waals surface area contributed by atoms with Gasteiger partial charge in [0.2, 0.25) is 17.6 Å². The lowest BCUT2D eigenvalue weighted by Gasteiger charge is -2.16. The molecule has 1 aliphatic rings. The van der Waals surface area contributed by atoms with Gasteiger partial charge < -0.3 is 9.42 Å². The van der Waals surface area contributed by atoms with Crippen LogP contribution in [0.15, 0.2) is 57.9 Å². The predicted molar refractivity (Wildman–Crippen MR) is 110 cm³/mol. The number of carbonyl (C=O) groups excluding carboxylic acids is 1. The van der Waals surface area contributed by atoms with Crippen LogP contribution in [0.5, 0.6) is 0 Å². The highest BCUT2D eigenvalue weighted by Crippen LogP contribution is 2.30. The van der Waals surface area contributed by atoms with E-state index in [0.29, 0.717) is 31.2 Å². The van der Waals surface area contributed by atoms with Gasteiger partial charge in [-0.05, 0) is 48.1 Å². The molecule has 0 bridgehead atoms. The van der Waals surface area contributed by atoms with Crippen molar-refractivity contribution in [2.75, 3.05) is 12.8 Å². The van der Waals surface area contributed by atoms with Crippen LogP contribution in [0, 0.1) is 0 Å². The summed E-state index contributed by atoms with van der Waals surface area (Å²) in [4.78, 5) is 20.1. The first-order valence-electron chi connectivity index (χ1n) is 9.50. The van der Waals surface area contributed by atoms with Crippen molar-refractivity contribution in [1.29, 1.82) is 0 Å². The van der Waals surface area contributed by atoms with Crippen LogP contribution < -0.4 is 0 Å². The molecule has 1 amide bonds. The van der Waals surface area contributed by atoms with Gasteiger partial charge in [-0.3, -0.25) is 4.79 Å². The summed E-state index contributed by atoms with van der Waals surface area (Å²) in [5.74, 6) is 1.20. The average molecular weight is 394 g/mol. The third kappa shape index (κ3) is 3.97. The molecule has 0 spiro atoms. The van der Waals surface area contributed by atoms with Crippen molar-refractivity contribution >= 4 is 17.7 Å². The lowest BCUT2D eigenvalue weighted by molar-refractivity contribution is -0.128. The van der Waals surface area contributed by atoms with Crippen LogP contribution in [-0.2, 0) is 17.8 Å². The molecular formula is C22H23N3O2S. The zero-order chi connectivity index (χ0) is 19.5. The normalized spacial score (nSPS) is 16.7. The van der Waals surface area contributed by atoms with Gasteiger partial charge in [0.05, 0.1) is 5.92 Å². The van der Waals surface area contributed by atoms with Gasteiger partial charge in [0, 0.05) is 30.0 Å². The lowest BCUT2D eigenvalue weighted by Crippen LogP contribution is -2.24. The highest BCUT2D eigenvalue weighted by Gasteiger charge is 2.34. The van der Waals surface area contributed by atoms with E-state index in [-0.39, 0.29) is 11.8 Å². The number of carbonyl (C=O) groups is 1. The number of amides is 1. The smallest absolute Gasteiger partial charge is 0.232 e. The summed E-state index contributed by atoms with van der Waals surface area (Å²) in [7, 11) is 0. The Balaban J connectivity index is 1.44. The fraction of sp³-hybridized carbons (Fsp3) is 0.318. The molecule has 1 aromatic heterocycles. The Hall–Kier alpha value is -2.60. The SMILES string of the molecule is CCc1ccc(CN2CC(c3nc(-c4ccc(SC)cc4)no3)CC2=O)cc1. The summed E-state index contributed by atoms with van der Waals surface area (Å²) in [5, 5.41) is 4.12. The molecule has 3 aromatic rings. The first kappa shape index (κ1) is 18.7. The monoisotopic (exact) mass is 393 g/mol. The summed E-state index contributed by atoms with van der Waals surface area (Å²) < 4.78 is 5.49. The van der Waals surface area contributed by atoms with Crippen molar-refractivity contribution in [3.63, 3.8) is 0 Å². The van der Waals surface area contributed by atoms with Crippen molar-refractivity contribution in [2.45, 2.75) is 37.1 Å². The van der Waals surface area contributed by atoms with Crippen molar-refractivity contribution in [3.8, 4) is 11.4 Å². The molecule has 0 N–H and O–H groups in total. The number of hydrogen-bond donors (Lipinski definition) is 0. The Bertz CT molecular complexity index is 951. The zero-order valence-electron chi connectivity index (χ0n) is 16.1. The summed E-state index contributed by atoms with van der Waals surface area (Å²) >= 11 is 1.69. The molecule has 1 unspecified atom stereocenters. The predicted octanol–water partition coefficient (Wildman–Crippen LogP) is 4.54. The van der Waals surface area contributed by atoms with Gasteiger partial charge in [-0.15, -0.1) is 11.8 Å². The molecule has 1 aliphatic heterocycles. The second kappa shape index (κ2) is 8.19. The Morgan fingerprint density at radius 2 is 1.82 bits per heavy atom. The number of hydrogen-bond acceptors (Lipinski definition) is 5. The van der Waals surface area contributed by atoms with E-state index in [2.05, 4.69) is 41.3 Å². The van der Waals surface area contributed by atoms with Gasteiger partial charge in [0.15, 0.2) is 0 Å². The Labute approximate surface area is 169 Å². The second-order valence-corrected chi connectivity index (χ2v) is 7.91. The van der Waals surface area contributed by atoms with Gasteiger partial charge in [0.1, 0.15) is 0 Å². The summed E-state index contributed by atoms with van der Waals surface area (Å²) in [6.07, 6.45) is 3.48. The molecule has 4 rings (SSSR count). The van der Waals surface area contributed by atoms with Crippen LogP contribution in [-0.4, -0.2) is 33.7 Å². The Morgan fingerprint density at radius 1 is 1.11 bits per heavy atom. The highest BCUT2D eigenvalue weighted by atomic mass is 32.2. The van der Waals surface area contributed by atoms with Gasteiger partial charge >= 0.3 is 0 Å². The number of aryl methyl sites for hydroxylation is 1. The van der Waals surface area contributed by atoms with E-state index in [1.165, 1.54) is 10.5 Å². The Kier molecular flexibility index (Phi) is 5.48. The molecule has 1 fully saturated rings. The van der Waals surface area contributed by atoms with E-state index in [1.807, 2.05) is 35.4 Å². The number of rotatable bonds is 6. The maximum atomic E-state index is 12.5. The maximum Gasteiger partial charge on any atom is 0.232 e. The third-order valence-electron chi connectivity index (χ3n) is 5.16. The zero-order valence-corrected chi connectivity index (χ0v) is 16.9. The van der Waals surface area contributed by atoms with Crippen LogP contribution in [0.2, 0.25) is 0 Å². The number of likely N-dealkylation sites (tertiary alicyclic amines) is 1. The minimum atomic E-state index is -0.0471. The molecule has 2 heterocycles. The average Bonchev–Trinajstić information content (AvgIpc) is 3.36. The van der Waals surface area contributed by atoms with Crippen molar-refractivity contribution in [3.05, 3.63) is 65.5 Å². The minimum absolute atomic E-state index is 0.0471. The first-order chi connectivity index (χ1) is 13.7. The number of nitrogens with zero attached hydrogens (tertiary/aromatic N) is 3. The van der Waals surface area contributed by atoms with Gasteiger partial charge in [-0.1, -0.05) is 36.3 Å². The largest absolute Gasteiger partial charge is 0.339 e. The van der Waals surface area contributed by atoms with E-state index in [4.69, 9.17) is 4.52 Å². The molecular weight excluding hydrogens is 370 g/mol. The molecule has 0 radical (unpaired) electrons. The maximum absolute atomic E-state index is 12.5. The molecule has 2 aromatic carbocycles. The van der Waals surface area contributed by atoms with Crippen molar-refractivity contribution in [1.82, 2.24) is 15.0 Å².